The van der Waals surface area contributed by atoms with Gasteiger partial charge in [-0.2, -0.15) is 0 Å². The molecule has 8 aromatic carbocycles. The van der Waals surface area contributed by atoms with Gasteiger partial charge in [-0.25, -0.2) is 4.98 Å². The minimum absolute atomic E-state index is 0.464. The highest BCUT2D eigenvalue weighted by atomic mass is 14.7. The molecule has 0 bridgehead atoms. The topological polar surface area (TPSA) is 12.9 Å². The summed E-state index contributed by atoms with van der Waals surface area (Å²) in [5.74, 6) is 0. The summed E-state index contributed by atoms with van der Waals surface area (Å²) in [4.78, 5) is 5.28. The molecule has 1 nitrogen and oxygen atoms in total. The molecule has 1 aromatic heterocycles. The Morgan fingerprint density at radius 3 is 1.32 bits per heavy atom. The number of benzene rings is 8. The molecule has 2 unspecified atom stereocenters. The van der Waals surface area contributed by atoms with Crippen LogP contribution in [0.5, 0.6) is 0 Å². The van der Waals surface area contributed by atoms with Crippen LogP contribution in [0, 0.1) is 0 Å². The van der Waals surface area contributed by atoms with Gasteiger partial charge >= 0.3 is 0 Å². The van der Waals surface area contributed by atoms with Gasteiger partial charge in [0.05, 0.1) is 22.2 Å². The smallest absolute Gasteiger partial charge is 0.0720 e. The lowest BCUT2D eigenvalue weighted by Gasteiger charge is -2.49. The van der Waals surface area contributed by atoms with Gasteiger partial charge in [-0.05, 0) is 78.9 Å². The van der Waals surface area contributed by atoms with Crippen molar-refractivity contribution in [2.75, 3.05) is 0 Å². The predicted molar refractivity (Wildman–Crippen MR) is 230 cm³/mol. The SMILES string of the molecule is c1ccc(-c2cc(-c3ccccc3)nc(-c3ccc(C4(c5ccccc5)c5ccccc5C5(c6ccccc6)c6ccccc6-c6cccc4c65)cc3)c2)cc1. The maximum atomic E-state index is 5.28. The van der Waals surface area contributed by atoms with E-state index in [0.29, 0.717) is 0 Å². The average Bonchev–Trinajstić information content (AvgIpc) is 3.60. The van der Waals surface area contributed by atoms with Gasteiger partial charge in [0.1, 0.15) is 0 Å². The van der Waals surface area contributed by atoms with Crippen LogP contribution in [0.15, 0.2) is 224 Å². The summed E-state index contributed by atoms with van der Waals surface area (Å²) in [5, 5.41) is 0. The van der Waals surface area contributed by atoms with E-state index in [1.54, 1.807) is 0 Å². The summed E-state index contributed by atoms with van der Waals surface area (Å²) in [6.45, 7) is 0. The van der Waals surface area contributed by atoms with Crippen molar-refractivity contribution in [3.8, 4) is 44.8 Å². The second kappa shape index (κ2) is 12.8. The number of hydrogen-bond donors (Lipinski definition) is 0. The van der Waals surface area contributed by atoms with Gasteiger partial charge in [-0.15, -0.1) is 0 Å². The van der Waals surface area contributed by atoms with Crippen molar-refractivity contribution in [3.63, 3.8) is 0 Å². The number of aromatic nitrogens is 1. The van der Waals surface area contributed by atoms with Crippen LogP contribution in [0.4, 0.5) is 0 Å². The minimum Gasteiger partial charge on any atom is -0.248 e. The second-order valence-electron chi connectivity index (χ2n) is 15.0. The average molecular weight is 712 g/mol. The van der Waals surface area contributed by atoms with E-state index in [9.17, 15) is 0 Å². The van der Waals surface area contributed by atoms with Gasteiger partial charge in [0.2, 0.25) is 0 Å². The molecule has 9 aromatic rings. The Bertz CT molecular complexity index is 2820. The maximum absolute atomic E-state index is 5.28. The quantitative estimate of drug-likeness (QED) is 0.167. The van der Waals surface area contributed by atoms with E-state index in [1.807, 2.05) is 0 Å². The van der Waals surface area contributed by atoms with E-state index in [4.69, 9.17) is 4.98 Å². The molecule has 11 rings (SSSR count). The van der Waals surface area contributed by atoms with Crippen LogP contribution in [-0.4, -0.2) is 4.98 Å². The summed E-state index contributed by atoms with van der Waals surface area (Å²) in [7, 11) is 0. The number of hydrogen-bond acceptors (Lipinski definition) is 1. The Morgan fingerprint density at radius 1 is 0.268 bits per heavy atom. The summed E-state index contributed by atoms with van der Waals surface area (Å²) in [6, 6.07) is 82.4. The maximum Gasteiger partial charge on any atom is 0.0720 e. The molecule has 0 N–H and O–H groups in total. The minimum atomic E-state index is -0.587. The number of nitrogens with zero attached hydrogens (tertiary/aromatic N) is 1. The van der Waals surface area contributed by atoms with Gasteiger partial charge < -0.3 is 0 Å². The van der Waals surface area contributed by atoms with Gasteiger partial charge in [0.15, 0.2) is 0 Å². The highest BCUT2D eigenvalue weighted by Gasteiger charge is 2.57. The molecule has 0 fully saturated rings. The molecule has 1 heterocycles. The van der Waals surface area contributed by atoms with Gasteiger partial charge in [0.25, 0.3) is 0 Å². The summed E-state index contributed by atoms with van der Waals surface area (Å²) >= 11 is 0. The Kier molecular flexibility index (Phi) is 7.37. The molecule has 0 spiro atoms. The van der Waals surface area contributed by atoms with E-state index in [-0.39, 0.29) is 0 Å². The first-order valence-electron chi connectivity index (χ1n) is 19.5. The van der Waals surface area contributed by atoms with Crippen molar-refractivity contribution >= 4 is 0 Å². The molecule has 262 valence electrons. The van der Waals surface area contributed by atoms with Crippen molar-refractivity contribution in [2.45, 2.75) is 10.8 Å². The predicted octanol–water partition coefficient (Wildman–Crippen LogP) is 13.1. The van der Waals surface area contributed by atoms with Crippen LogP contribution in [-0.2, 0) is 10.8 Å². The van der Waals surface area contributed by atoms with Gasteiger partial charge in [0, 0.05) is 11.1 Å². The Labute approximate surface area is 328 Å². The van der Waals surface area contributed by atoms with E-state index in [1.165, 1.54) is 61.2 Å². The molecular weight excluding hydrogens is 675 g/mol. The molecule has 2 atom stereocenters. The monoisotopic (exact) mass is 711 g/mol. The van der Waals surface area contributed by atoms with Crippen LogP contribution in [0.25, 0.3) is 44.8 Å². The van der Waals surface area contributed by atoms with Gasteiger partial charge in [-0.3, -0.25) is 0 Å². The fraction of sp³-hybridized carbons (Fsp3) is 0.0364. The zero-order chi connectivity index (χ0) is 37.1. The van der Waals surface area contributed by atoms with Crippen LogP contribution < -0.4 is 0 Å². The number of rotatable bonds is 6. The Balaban J connectivity index is 1.18. The first-order chi connectivity index (χ1) is 27.8. The molecule has 56 heavy (non-hydrogen) atoms. The largest absolute Gasteiger partial charge is 0.248 e. The molecule has 0 radical (unpaired) electrons. The van der Waals surface area contributed by atoms with Crippen LogP contribution in [0.3, 0.4) is 0 Å². The van der Waals surface area contributed by atoms with Gasteiger partial charge in [-0.1, -0.05) is 212 Å². The van der Waals surface area contributed by atoms with Crippen LogP contribution in [0.1, 0.15) is 44.5 Å². The van der Waals surface area contributed by atoms with Crippen molar-refractivity contribution in [1.29, 1.82) is 0 Å². The number of pyridine rings is 1. The van der Waals surface area contributed by atoms with Crippen molar-refractivity contribution in [2.24, 2.45) is 0 Å². The highest BCUT2D eigenvalue weighted by molar-refractivity contribution is 5.92. The molecule has 0 saturated carbocycles. The fourth-order valence-corrected chi connectivity index (χ4v) is 9.98. The first-order valence-corrected chi connectivity index (χ1v) is 19.5. The van der Waals surface area contributed by atoms with Crippen LogP contribution >= 0.6 is 0 Å². The zero-order valence-electron chi connectivity index (χ0n) is 30.8. The summed E-state index contributed by atoms with van der Waals surface area (Å²) < 4.78 is 0. The third-order valence-corrected chi connectivity index (χ3v) is 12.2. The highest BCUT2D eigenvalue weighted by Crippen LogP contribution is 2.65. The summed E-state index contributed by atoms with van der Waals surface area (Å²) in [5.41, 5.74) is 18.4. The second-order valence-corrected chi connectivity index (χ2v) is 15.0. The third-order valence-electron chi connectivity index (χ3n) is 12.2. The van der Waals surface area contributed by atoms with Crippen molar-refractivity contribution in [1.82, 2.24) is 4.98 Å². The Hall–Kier alpha value is -7.09. The van der Waals surface area contributed by atoms with Crippen molar-refractivity contribution < 1.29 is 0 Å². The molecule has 0 aliphatic heterocycles. The summed E-state index contributed by atoms with van der Waals surface area (Å²) in [6.07, 6.45) is 0. The Morgan fingerprint density at radius 2 is 0.696 bits per heavy atom. The van der Waals surface area contributed by atoms with E-state index in [2.05, 4.69) is 224 Å². The third kappa shape index (κ3) is 4.58. The lowest BCUT2D eigenvalue weighted by molar-refractivity contribution is 0.627. The number of fused-ring (bicyclic) bond motifs is 5. The first kappa shape index (κ1) is 32.3. The molecule has 2 aliphatic carbocycles. The normalized spacial score (nSPS) is 17.4. The molecule has 1 heteroatoms. The van der Waals surface area contributed by atoms with E-state index >= 15 is 0 Å². The molecule has 0 amide bonds. The fourth-order valence-electron chi connectivity index (χ4n) is 9.98. The molecule has 0 saturated heterocycles. The zero-order valence-corrected chi connectivity index (χ0v) is 30.8. The van der Waals surface area contributed by atoms with E-state index in [0.717, 1.165) is 28.1 Å². The molecular formula is C55H37N. The molecule has 2 aliphatic rings. The van der Waals surface area contributed by atoms with E-state index < -0.39 is 10.8 Å². The lowest BCUT2D eigenvalue weighted by atomic mass is 9.52. The van der Waals surface area contributed by atoms with Crippen molar-refractivity contribution in [3.05, 3.63) is 269 Å². The standard InChI is InChI=1S/C55H37N/c1-5-18-38(19-6-1)41-36-51(39-20-7-2-8-21-39)56-52(37-41)40-32-34-44(35-33-40)54(42-22-9-3-10-23-42)48-29-15-16-30-49(48)55(43-24-11-4-12-25-43)47-28-14-13-26-45(47)46-27-17-31-50(54)53(46)55/h1-37H. The van der Waals surface area contributed by atoms with Crippen LogP contribution in [0.2, 0.25) is 0 Å². The lowest BCUT2D eigenvalue weighted by Crippen LogP contribution is -2.44.